The molecule has 1 aliphatic heterocycles. The zero-order valence-electron chi connectivity index (χ0n) is 10.7. The summed E-state index contributed by atoms with van der Waals surface area (Å²) in [6.45, 7) is 5.92. The van der Waals surface area contributed by atoms with E-state index in [1.54, 1.807) is 17.0 Å². The van der Waals surface area contributed by atoms with Gasteiger partial charge in [0.25, 0.3) is 5.91 Å². The third kappa shape index (κ3) is 2.78. The van der Waals surface area contributed by atoms with Gasteiger partial charge in [-0.15, -0.1) is 0 Å². The number of nitrogens with zero attached hydrogens (tertiary/aromatic N) is 1. The van der Waals surface area contributed by atoms with Gasteiger partial charge in [0.05, 0.1) is 5.56 Å². The monoisotopic (exact) mass is 267 g/mol. The van der Waals surface area contributed by atoms with E-state index in [9.17, 15) is 9.90 Å². The summed E-state index contributed by atoms with van der Waals surface area (Å²) in [5.74, 6) is -0.156. The minimum atomic E-state index is -0.111. The Kier molecular flexibility index (Phi) is 3.53. The van der Waals surface area contributed by atoms with Crippen molar-refractivity contribution in [2.75, 3.05) is 13.1 Å². The zero-order valence-corrected chi connectivity index (χ0v) is 11.5. The van der Waals surface area contributed by atoms with E-state index in [1.165, 1.54) is 6.07 Å². The predicted octanol–water partition coefficient (Wildman–Crippen LogP) is 3.31. The van der Waals surface area contributed by atoms with E-state index >= 15 is 0 Å². The summed E-state index contributed by atoms with van der Waals surface area (Å²) < 4.78 is 0. The first-order valence-corrected chi connectivity index (χ1v) is 6.55. The normalized spacial score (nSPS) is 18.7. The molecule has 1 N–H and O–H groups in total. The molecule has 0 aromatic heterocycles. The molecule has 0 radical (unpaired) electrons. The number of phenolic OH excluding ortho intramolecular Hbond substituents is 1. The molecule has 1 aliphatic rings. The Hall–Kier alpha value is -1.22. The molecule has 1 amide bonds. The Morgan fingerprint density at radius 3 is 2.50 bits per heavy atom. The van der Waals surface area contributed by atoms with Gasteiger partial charge in [-0.2, -0.15) is 0 Å². The van der Waals surface area contributed by atoms with Gasteiger partial charge in [-0.1, -0.05) is 25.4 Å². The minimum absolute atomic E-state index is 0.0441. The average molecular weight is 268 g/mol. The molecule has 1 saturated heterocycles. The highest BCUT2D eigenvalue weighted by molar-refractivity contribution is 6.30. The molecule has 0 atom stereocenters. The maximum atomic E-state index is 12.3. The van der Waals surface area contributed by atoms with Crippen molar-refractivity contribution in [3.05, 3.63) is 28.8 Å². The smallest absolute Gasteiger partial charge is 0.257 e. The Morgan fingerprint density at radius 1 is 1.33 bits per heavy atom. The van der Waals surface area contributed by atoms with Crippen LogP contribution in [0.1, 0.15) is 37.0 Å². The number of halogens is 1. The van der Waals surface area contributed by atoms with Crippen molar-refractivity contribution in [3.8, 4) is 5.75 Å². The van der Waals surface area contributed by atoms with Gasteiger partial charge in [-0.25, -0.2) is 0 Å². The first kappa shape index (κ1) is 13.2. The summed E-state index contributed by atoms with van der Waals surface area (Å²) in [6, 6.07) is 4.62. The van der Waals surface area contributed by atoms with Gasteiger partial charge in [0.2, 0.25) is 0 Å². The second-order valence-electron chi connectivity index (χ2n) is 5.62. The lowest BCUT2D eigenvalue weighted by atomic mass is 9.82. The summed E-state index contributed by atoms with van der Waals surface area (Å²) in [5.41, 5.74) is 0.637. The second-order valence-corrected chi connectivity index (χ2v) is 6.05. The number of hydrogen-bond acceptors (Lipinski definition) is 2. The molecule has 0 aliphatic carbocycles. The summed E-state index contributed by atoms with van der Waals surface area (Å²) in [4.78, 5) is 14.1. The van der Waals surface area contributed by atoms with Crippen LogP contribution in [-0.4, -0.2) is 29.0 Å². The van der Waals surface area contributed by atoms with Crippen LogP contribution in [0.4, 0.5) is 0 Å². The number of hydrogen-bond donors (Lipinski definition) is 1. The largest absolute Gasteiger partial charge is 0.507 e. The molecule has 1 heterocycles. The lowest BCUT2D eigenvalue weighted by Gasteiger charge is -2.37. The molecule has 18 heavy (non-hydrogen) atoms. The molecule has 3 nitrogen and oxygen atoms in total. The molecule has 4 heteroatoms. The summed E-state index contributed by atoms with van der Waals surface area (Å²) in [7, 11) is 0. The molecule has 0 bridgehead atoms. The highest BCUT2D eigenvalue weighted by Crippen LogP contribution is 2.31. The minimum Gasteiger partial charge on any atom is -0.507 e. The third-order valence-corrected chi connectivity index (χ3v) is 3.83. The number of rotatable bonds is 1. The van der Waals surface area contributed by atoms with Gasteiger partial charge in [0, 0.05) is 18.1 Å². The fraction of sp³-hybridized carbons (Fsp3) is 0.500. The van der Waals surface area contributed by atoms with Crippen LogP contribution in [0.2, 0.25) is 5.02 Å². The number of carbonyl (C=O) groups excluding carboxylic acids is 1. The molecular weight excluding hydrogens is 250 g/mol. The Labute approximate surface area is 112 Å². The molecule has 1 fully saturated rings. The maximum absolute atomic E-state index is 12.3. The number of carbonyl (C=O) groups is 1. The molecule has 0 spiro atoms. The van der Waals surface area contributed by atoms with E-state index in [4.69, 9.17) is 11.6 Å². The highest BCUT2D eigenvalue weighted by Gasteiger charge is 2.29. The lowest BCUT2D eigenvalue weighted by Crippen LogP contribution is -2.41. The summed E-state index contributed by atoms with van der Waals surface area (Å²) in [6.07, 6.45) is 1.99. The Balaban J connectivity index is 2.13. The highest BCUT2D eigenvalue weighted by atomic mass is 35.5. The van der Waals surface area contributed by atoms with Crippen molar-refractivity contribution in [3.63, 3.8) is 0 Å². The number of piperidine rings is 1. The van der Waals surface area contributed by atoms with Gasteiger partial charge in [-0.05, 0) is 36.5 Å². The quantitative estimate of drug-likeness (QED) is 0.848. The number of phenols is 1. The molecule has 2 rings (SSSR count). The van der Waals surface area contributed by atoms with E-state index in [1.807, 2.05) is 0 Å². The lowest BCUT2D eigenvalue weighted by molar-refractivity contribution is 0.0627. The van der Waals surface area contributed by atoms with Crippen molar-refractivity contribution >= 4 is 17.5 Å². The van der Waals surface area contributed by atoms with Gasteiger partial charge in [0.1, 0.15) is 5.75 Å². The van der Waals surface area contributed by atoms with Crippen LogP contribution in [-0.2, 0) is 0 Å². The van der Waals surface area contributed by atoms with Crippen molar-refractivity contribution in [1.29, 1.82) is 0 Å². The molecular formula is C14H18ClNO2. The van der Waals surface area contributed by atoms with Gasteiger partial charge in [0.15, 0.2) is 0 Å². The van der Waals surface area contributed by atoms with Crippen LogP contribution in [0.5, 0.6) is 5.75 Å². The Morgan fingerprint density at radius 2 is 1.94 bits per heavy atom. The van der Waals surface area contributed by atoms with Crippen LogP contribution >= 0.6 is 11.6 Å². The van der Waals surface area contributed by atoms with Crippen LogP contribution in [0, 0.1) is 5.41 Å². The molecule has 1 aromatic rings. The topological polar surface area (TPSA) is 40.5 Å². The molecule has 98 valence electrons. The molecule has 1 aromatic carbocycles. The number of amides is 1. The van der Waals surface area contributed by atoms with E-state index in [-0.39, 0.29) is 11.7 Å². The fourth-order valence-electron chi connectivity index (χ4n) is 2.17. The van der Waals surface area contributed by atoms with Crippen LogP contribution in [0.15, 0.2) is 18.2 Å². The molecule has 0 saturated carbocycles. The van der Waals surface area contributed by atoms with E-state index in [0.29, 0.717) is 16.0 Å². The van der Waals surface area contributed by atoms with Crippen molar-refractivity contribution in [1.82, 2.24) is 4.90 Å². The fourth-order valence-corrected chi connectivity index (χ4v) is 2.34. The van der Waals surface area contributed by atoms with E-state index in [0.717, 1.165) is 25.9 Å². The van der Waals surface area contributed by atoms with Crippen LogP contribution < -0.4 is 0 Å². The van der Waals surface area contributed by atoms with E-state index < -0.39 is 0 Å². The Bertz CT molecular complexity index is 461. The SMILES string of the molecule is CC1(C)CCN(C(=O)c2ccc(Cl)cc2O)CC1. The predicted molar refractivity (Wildman–Crippen MR) is 72.0 cm³/mol. The summed E-state index contributed by atoms with van der Waals surface area (Å²) in [5, 5.41) is 10.2. The first-order chi connectivity index (χ1) is 8.39. The first-order valence-electron chi connectivity index (χ1n) is 6.17. The number of likely N-dealkylation sites (tertiary alicyclic amines) is 1. The summed E-state index contributed by atoms with van der Waals surface area (Å²) >= 11 is 5.76. The van der Waals surface area contributed by atoms with E-state index in [2.05, 4.69) is 13.8 Å². The average Bonchev–Trinajstić information content (AvgIpc) is 2.28. The zero-order chi connectivity index (χ0) is 13.3. The number of aromatic hydroxyl groups is 1. The van der Waals surface area contributed by atoms with Gasteiger partial charge in [-0.3, -0.25) is 4.79 Å². The van der Waals surface area contributed by atoms with Gasteiger partial charge < -0.3 is 10.0 Å². The second kappa shape index (κ2) is 4.81. The van der Waals surface area contributed by atoms with Crippen LogP contribution in [0.3, 0.4) is 0 Å². The van der Waals surface area contributed by atoms with Crippen molar-refractivity contribution in [2.45, 2.75) is 26.7 Å². The van der Waals surface area contributed by atoms with Crippen molar-refractivity contribution in [2.24, 2.45) is 5.41 Å². The van der Waals surface area contributed by atoms with Crippen LogP contribution in [0.25, 0.3) is 0 Å². The third-order valence-electron chi connectivity index (χ3n) is 3.59. The molecule has 0 unspecified atom stereocenters. The van der Waals surface area contributed by atoms with Gasteiger partial charge >= 0.3 is 0 Å². The standard InChI is InChI=1S/C14H18ClNO2/c1-14(2)5-7-16(8-6-14)13(18)11-4-3-10(15)9-12(11)17/h3-4,9,17H,5-8H2,1-2H3. The van der Waals surface area contributed by atoms with Crippen molar-refractivity contribution < 1.29 is 9.90 Å². The maximum Gasteiger partial charge on any atom is 0.257 e. The number of benzene rings is 1.